The van der Waals surface area contributed by atoms with Gasteiger partial charge >= 0.3 is 0 Å². The number of anilines is 1. The minimum atomic E-state index is -1.15. The number of carbonyl (C=O) groups is 5. The van der Waals surface area contributed by atoms with Gasteiger partial charge in [-0.05, 0) is 57.0 Å². The second-order valence-electron chi connectivity index (χ2n) is 16.6. The molecule has 0 radical (unpaired) electrons. The number of aromatic nitrogens is 2. The van der Waals surface area contributed by atoms with Crippen LogP contribution in [-0.2, 0) is 9.59 Å². The summed E-state index contributed by atoms with van der Waals surface area (Å²) in [5.41, 5.74) is 6.20. The van der Waals surface area contributed by atoms with Crippen LogP contribution in [0.15, 0.2) is 36.4 Å². The summed E-state index contributed by atoms with van der Waals surface area (Å²) in [4.78, 5) is 82.9. The molecule has 0 bridgehead atoms. The summed E-state index contributed by atoms with van der Waals surface area (Å²) in [5.74, 6) is -1.18. The number of hydrogen-bond acceptors (Lipinski definition) is 12. The Hall–Kier alpha value is -5.59. The van der Waals surface area contributed by atoms with Crippen molar-refractivity contribution in [2.24, 2.45) is 16.6 Å². The van der Waals surface area contributed by atoms with Crippen molar-refractivity contribution in [1.82, 2.24) is 24.7 Å². The number of amides is 5. The van der Waals surface area contributed by atoms with Crippen molar-refractivity contribution < 1.29 is 33.4 Å². The van der Waals surface area contributed by atoms with Gasteiger partial charge in [-0.25, -0.2) is 9.97 Å². The fraction of sp³-hybridized carbons (Fsp3) is 0.476. The number of rotatable bonds is 11. The Morgan fingerprint density at radius 1 is 0.914 bits per heavy atom. The number of piperidine rings is 1. The number of nitrogens with zero attached hydrogens (tertiary/aromatic N) is 7. The molecule has 3 aromatic rings. The zero-order chi connectivity index (χ0) is 41.8. The number of piperazine rings is 1. The van der Waals surface area contributed by atoms with Gasteiger partial charge in [-0.1, -0.05) is 39.3 Å². The Bertz CT molecular complexity index is 2220. The van der Waals surface area contributed by atoms with Gasteiger partial charge in [-0.2, -0.15) is 5.26 Å². The smallest absolute Gasteiger partial charge is 0.262 e. The SMILES string of the molecule is Cc1nc(N2CCN(CCCOc3ccc4c(c3)C(=O)N(C3CCC(=O)N(C5C(C)(C)C(Oc6ccc(C#N)c(Cl)c6)C5(C)C)C3=O)C4=O)CC2)nc(C)c1C(N)=O. The molecular weight excluding hydrogens is 764 g/mol. The lowest BCUT2D eigenvalue weighted by atomic mass is 9.48. The van der Waals surface area contributed by atoms with Crippen molar-refractivity contribution in [3.63, 3.8) is 0 Å². The number of nitriles is 1. The van der Waals surface area contributed by atoms with E-state index in [1.807, 2.05) is 33.8 Å². The van der Waals surface area contributed by atoms with Gasteiger partial charge < -0.3 is 20.1 Å². The highest BCUT2D eigenvalue weighted by atomic mass is 35.5. The van der Waals surface area contributed by atoms with Crippen LogP contribution >= 0.6 is 11.6 Å². The molecule has 7 rings (SSSR count). The van der Waals surface area contributed by atoms with Gasteiger partial charge in [-0.15, -0.1) is 0 Å². The first-order chi connectivity index (χ1) is 27.4. The summed E-state index contributed by atoms with van der Waals surface area (Å²) in [6, 6.07) is 9.86. The second kappa shape index (κ2) is 15.3. The van der Waals surface area contributed by atoms with Crippen LogP contribution in [0.3, 0.4) is 0 Å². The first kappa shape index (κ1) is 40.6. The highest BCUT2D eigenvalue weighted by Gasteiger charge is 2.68. The fourth-order valence-electron chi connectivity index (χ4n) is 9.63. The highest BCUT2D eigenvalue weighted by molar-refractivity contribution is 6.31. The van der Waals surface area contributed by atoms with E-state index in [1.54, 1.807) is 50.2 Å². The summed E-state index contributed by atoms with van der Waals surface area (Å²) in [5, 5.41) is 9.52. The molecule has 2 N–H and O–H groups in total. The molecule has 15 nitrogen and oxygen atoms in total. The van der Waals surface area contributed by atoms with Crippen molar-refractivity contribution in [3.8, 4) is 17.6 Å². The maximum atomic E-state index is 14.3. The number of benzene rings is 2. The number of ether oxygens (including phenoxy) is 2. The number of likely N-dealkylation sites (tertiary alicyclic amines) is 1. The molecule has 2 saturated heterocycles. The average molecular weight is 811 g/mol. The van der Waals surface area contributed by atoms with E-state index in [-0.39, 0.29) is 34.9 Å². The number of aryl methyl sites for hydroxylation is 2. The van der Waals surface area contributed by atoms with Gasteiger partial charge in [0.1, 0.15) is 29.7 Å². The Morgan fingerprint density at radius 2 is 1.55 bits per heavy atom. The molecule has 0 spiro atoms. The third-order valence-electron chi connectivity index (χ3n) is 12.0. The van der Waals surface area contributed by atoms with Gasteiger partial charge in [-0.3, -0.25) is 38.7 Å². The molecular formula is C42H47ClN8O7. The third-order valence-corrected chi connectivity index (χ3v) is 12.3. The number of imide groups is 2. The Kier molecular flexibility index (Phi) is 10.7. The molecule has 4 aliphatic rings. The van der Waals surface area contributed by atoms with Crippen LogP contribution in [0.4, 0.5) is 5.95 Å². The Balaban J connectivity index is 0.950. The third kappa shape index (κ3) is 7.02. The van der Waals surface area contributed by atoms with E-state index in [4.69, 9.17) is 26.8 Å². The second-order valence-corrected chi connectivity index (χ2v) is 17.0. The van der Waals surface area contributed by atoms with E-state index in [0.717, 1.165) is 44.0 Å². The highest BCUT2D eigenvalue weighted by Crippen LogP contribution is 2.58. The molecule has 16 heteroatoms. The largest absolute Gasteiger partial charge is 0.494 e. The molecule has 3 aliphatic heterocycles. The normalized spacial score (nSPS) is 22.7. The number of nitrogens with two attached hydrogens (primary N) is 1. The van der Waals surface area contributed by atoms with Crippen molar-refractivity contribution >= 4 is 47.1 Å². The lowest BCUT2D eigenvalue weighted by molar-refractivity contribution is -0.216. The van der Waals surface area contributed by atoms with E-state index in [9.17, 15) is 29.2 Å². The molecule has 58 heavy (non-hydrogen) atoms. The molecule has 1 unspecified atom stereocenters. The molecule has 1 atom stereocenters. The van der Waals surface area contributed by atoms with Crippen molar-refractivity contribution in [3.05, 3.63) is 75.1 Å². The van der Waals surface area contributed by atoms with E-state index in [2.05, 4.69) is 19.8 Å². The topological polar surface area (TPSA) is 192 Å². The van der Waals surface area contributed by atoms with Crippen LogP contribution in [0, 0.1) is 36.0 Å². The van der Waals surface area contributed by atoms with Gasteiger partial charge in [0.25, 0.3) is 23.6 Å². The van der Waals surface area contributed by atoms with E-state index >= 15 is 0 Å². The summed E-state index contributed by atoms with van der Waals surface area (Å²) in [7, 11) is 0. The zero-order valence-electron chi connectivity index (χ0n) is 33.5. The van der Waals surface area contributed by atoms with Gasteiger partial charge in [0.05, 0.1) is 51.3 Å². The average Bonchev–Trinajstić information content (AvgIpc) is 3.41. The summed E-state index contributed by atoms with van der Waals surface area (Å²) in [6.07, 6.45) is 0.299. The summed E-state index contributed by atoms with van der Waals surface area (Å²) >= 11 is 6.26. The molecule has 1 saturated carbocycles. The van der Waals surface area contributed by atoms with Crippen LogP contribution in [0.2, 0.25) is 5.02 Å². The maximum absolute atomic E-state index is 14.3. The predicted octanol–water partition coefficient (Wildman–Crippen LogP) is 4.30. The van der Waals surface area contributed by atoms with Crippen LogP contribution in [0.5, 0.6) is 11.5 Å². The van der Waals surface area contributed by atoms with E-state index < -0.39 is 52.6 Å². The molecule has 5 amide bonds. The molecule has 304 valence electrons. The summed E-state index contributed by atoms with van der Waals surface area (Å²) in [6.45, 7) is 15.4. The van der Waals surface area contributed by atoms with Crippen molar-refractivity contribution in [2.45, 2.75) is 79.0 Å². The van der Waals surface area contributed by atoms with Crippen LogP contribution in [0.1, 0.15) is 95.0 Å². The van der Waals surface area contributed by atoms with Crippen LogP contribution < -0.4 is 20.1 Å². The maximum Gasteiger partial charge on any atom is 0.262 e. The first-order valence-electron chi connectivity index (χ1n) is 19.4. The minimum Gasteiger partial charge on any atom is -0.494 e. The van der Waals surface area contributed by atoms with Crippen molar-refractivity contribution in [1.29, 1.82) is 5.26 Å². The molecule has 1 aliphatic carbocycles. The zero-order valence-corrected chi connectivity index (χ0v) is 34.3. The number of carbonyl (C=O) groups excluding carboxylic acids is 5. The number of hydrogen-bond donors (Lipinski definition) is 1. The number of halogens is 1. The lowest BCUT2D eigenvalue weighted by Gasteiger charge is -2.65. The van der Waals surface area contributed by atoms with E-state index in [1.165, 1.54) is 4.90 Å². The number of primary amides is 1. The first-order valence-corrected chi connectivity index (χ1v) is 19.8. The van der Waals surface area contributed by atoms with Crippen LogP contribution in [0.25, 0.3) is 0 Å². The Labute approximate surface area is 342 Å². The van der Waals surface area contributed by atoms with Crippen molar-refractivity contribution in [2.75, 3.05) is 44.2 Å². The molecule has 2 aromatic carbocycles. The lowest BCUT2D eigenvalue weighted by Crippen LogP contribution is -2.77. The predicted molar refractivity (Wildman–Crippen MR) is 213 cm³/mol. The van der Waals surface area contributed by atoms with Gasteiger partial charge in [0.15, 0.2) is 0 Å². The summed E-state index contributed by atoms with van der Waals surface area (Å²) < 4.78 is 12.4. The molecule has 4 heterocycles. The van der Waals surface area contributed by atoms with Gasteiger partial charge in [0, 0.05) is 56.0 Å². The monoisotopic (exact) mass is 810 g/mol. The van der Waals surface area contributed by atoms with Gasteiger partial charge in [0.2, 0.25) is 11.9 Å². The molecule has 1 aromatic heterocycles. The van der Waals surface area contributed by atoms with E-state index in [0.29, 0.717) is 46.6 Å². The Morgan fingerprint density at radius 3 is 2.17 bits per heavy atom. The fourth-order valence-corrected chi connectivity index (χ4v) is 9.84. The standard InChI is InChI=1S/C42H47ClN8O7/c1-23-33(34(45)53)24(2)47-40(46-23)49-17-15-48(16-18-49)14-7-19-57-26-10-11-28-29(20-26)36(55)50(35(28)54)31-12-13-32(52)51(37(31)56)38-41(3,4)39(42(38,5)6)58-27-9-8-25(22-44)30(43)21-27/h8-11,20-21,31,38-39H,7,12-19H2,1-6H3,(H2,45,53). The minimum absolute atomic E-state index is 0.0101. The molecule has 3 fully saturated rings. The number of fused-ring (bicyclic) bond motifs is 1. The quantitative estimate of drug-likeness (QED) is 0.214. The van der Waals surface area contributed by atoms with Crippen LogP contribution in [-0.4, -0.2) is 112 Å².